The van der Waals surface area contributed by atoms with Gasteiger partial charge in [0.25, 0.3) is 0 Å². The number of carbonyl (C=O) groups excluding carboxylic acids is 2. The molecule has 0 spiro atoms. The van der Waals surface area contributed by atoms with Gasteiger partial charge in [0.2, 0.25) is 5.91 Å². The molecule has 33 heavy (non-hydrogen) atoms. The van der Waals surface area contributed by atoms with Crippen LogP contribution in [0.4, 0.5) is 10.5 Å². The van der Waals surface area contributed by atoms with E-state index in [0.717, 1.165) is 24.1 Å². The van der Waals surface area contributed by atoms with E-state index in [2.05, 4.69) is 12.2 Å². The Bertz CT molecular complexity index is 1060. The van der Waals surface area contributed by atoms with Gasteiger partial charge in [-0.15, -0.1) is 0 Å². The van der Waals surface area contributed by atoms with Crippen LogP contribution in [-0.4, -0.2) is 39.4 Å². The predicted octanol–water partition coefficient (Wildman–Crippen LogP) is 5.44. The average molecular weight is 471 g/mol. The summed E-state index contributed by atoms with van der Waals surface area (Å²) in [6.07, 6.45) is 5.24. The molecule has 0 saturated heterocycles. The van der Waals surface area contributed by atoms with Gasteiger partial charge >= 0.3 is 6.03 Å². The number of carbonyl (C=O) groups is 2. The topological polar surface area (TPSA) is 70.7 Å². The molecule has 1 aromatic carbocycles. The highest BCUT2D eigenvalue weighted by molar-refractivity contribution is 6.31. The largest absolute Gasteiger partial charge is 0.467 e. The fourth-order valence-corrected chi connectivity index (χ4v) is 3.60. The van der Waals surface area contributed by atoms with Gasteiger partial charge in [0, 0.05) is 36.2 Å². The first-order valence-corrected chi connectivity index (χ1v) is 11.5. The van der Waals surface area contributed by atoms with Crippen molar-refractivity contribution in [3.8, 4) is 0 Å². The molecule has 0 unspecified atom stereocenters. The lowest BCUT2D eigenvalue weighted by Crippen LogP contribution is -2.44. The summed E-state index contributed by atoms with van der Waals surface area (Å²) in [5.41, 5.74) is 2.52. The Hall–Kier alpha value is -3.19. The Labute approximate surface area is 199 Å². The molecule has 0 atom stereocenters. The zero-order valence-electron chi connectivity index (χ0n) is 19.4. The van der Waals surface area contributed by atoms with Crippen LogP contribution in [0.5, 0.6) is 0 Å². The molecule has 1 N–H and O–H groups in total. The smallest absolute Gasteiger partial charge is 0.322 e. The maximum absolute atomic E-state index is 13.4. The van der Waals surface area contributed by atoms with E-state index in [9.17, 15) is 9.59 Å². The molecule has 0 aliphatic heterocycles. The highest BCUT2D eigenvalue weighted by Crippen LogP contribution is 2.20. The number of furan rings is 1. The van der Waals surface area contributed by atoms with E-state index in [1.54, 1.807) is 34.3 Å². The Morgan fingerprint density at radius 1 is 1.12 bits per heavy atom. The predicted molar refractivity (Wildman–Crippen MR) is 130 cm³/mol. The maximum atomic E-state index is 13.4. The van der Waals surface area contributed by atoms with E-state index in [1.165, 1.54) is 0 Å². The van der Waals surface area contributed by atoms with Gasteiger partial charge in [-0.05, 0) is 55.3 Å². The third kappa shape index (κ3) is 6.89. The molecule has 176 valence electrons. The molecule has 0 aliphatic carbocycles. The first-order valence-electron chi connectivity index (χ1n) is 11.1. The summed E-state index contributed by atoms with van der Waals surface area (Å²) in [7, 11) is 1.94. The van der Waals surface area contributed by atoms with Gasteiger partial charge in [-0.1, -0.05) is 31.0 Å². The molecule has 0 fully saturated rings. The van der Waals surface area contributed by atoms with Crippen molar-refractivity contribution in [3.05, 3.63) is 77.0 Å². The lowest BCUT2D eigenvalue weighted by Gasteiger charge is -2.27. The first-order chi connectivity index (χ1) is 15.9. The van der Waals surface area contributed by atoms with Gasteiger partial charge in [-0.2, -0.15) is 0 Å². The monoisotopic (exact) mass is 470 g/mol. The molecule has 8 heteroatoms. The number of hydrogen-bond donors (Lipinski definition) is 1. The number of nitrogens with zero attached hydrogens (tertiary/aromatic N) is 3. The molecule has 7 nitrogen and oxygen atoms in total. The van der Waals surface area contributed by atoms with Crippen molar-refractivity contribution < 1.29 is 14.0 Å². The van der Waals surface area contributed by atoms with Gasteiger partial charge in [0.1, 0.15) is 12.3 Å². The number of benzene rings is 1. The van der Waals surface area contributed by atoms with Crippen LogP contribution in [0.15, 0.2) is 59.3 Å². The number of urea groups is 1. The molecule has 0 saturated carbocycles. The van der Waals surface area contributed by atoms with Gasteiger partial charge in [0.05, 0.1) is 19.4 Å². The molecule has 3 aromatic rings. The minimum atomic E-state index is -0.325. The second-order valence-corrected chi connectivity index (χ2v) is 8.52. The number of rotatable bonds is 10. The van der Waals surface area contributed by atoms with Crippen LogP contribution in [0, 0.1) is 6.92 Å². The maximum Gasteiger partial charge on any atom is 0.322 e. The number of hydrogen-bond acceptors (Lipinski definition) is 3. The SMILES string of the molecule is CCCCN(CC(=O)N(Cc1ccco1)Cc1cccn1C)C(=O)Nc1ccc(C)c(Cl)c1. The van der Waals surface area contributed by atoms with E-state index in [0.29, 0.717) is 36.1 Å². The molecule has 3 rings (SSSR count). The van der Waals surface area contributed by atoms with E-state index >= 15 is 0 Å². The fraction of sp³-hybridized carbons (Fsp3) is 0.360. The van der Waals surface area contributed by atoms with Crippen LogP contribution in [0.3, 0.4) is 0 Å². The zero-order chi connectivity index (χ0) is 23.8. The van der Waals surface area contributed by atoms with Crippen molar-refractivity contribution in [2.75, 3.05) is 18.4 Å². The summed E-state index contributed by atoms with van der Waals surface area (Å²) in [4.78, 5) is 29.7. The normalized spacial score (nSPS) is 10.8. The Kier molecular flexibility index (Phi) is 8.60. The molecule has 0 radical (unpaired) electrons. The summed E-state index contributed by atoms with van der Waals surface area (Å²) in [5, 5.41) is 3.45. The van der Waals surface area contributed by atoms with Crippen LogP contribution in [0.25, 0.3) is 0 Å². The molecule has 2 heterocycles. The Morgan fingerprint density at radius 3 is 2.58 bits per heavy atom. The molecule has 2 aromatic heterocycles. The van der Waals surface area contributed by atoms with Gasteiger partial charge in [0.15, 0.2) is 0 Å². The number of amides is 3. The lowest BCUT2D eigenvalue weighted by atomic mass is 10.2. The minimum Gasteiger partial charge on any atom is -0.467 e. The number of unbranched alkanes of at least 4 members (excludes halogenated alkanes) is 1. The highest BCUT2D eigenvalue weighted by Gasteiger charge is 2.23. The summed E-state index contributed by atoms with van der Waals surface area (Å²) in [6.45, 7) is 5.15. The van der Waals surface area contributed by atoms with Crippen LogP contribution in [-0.2, 0) is 24.9 Å². The molecular weight excluding hydrogens is 440 g/mol. The van der Waals surface area contributed by atoms with Crippen LogP contribution >= 0.6 is 11.6 Å². The number of aromatic nitrogens is 1. The van der Waals surface area contributed by atoms with Crippen molar-refractivity contribution in [3.63, 3.8) is 0 Å². The van der Waals surface area contributed by atoms with Gasteiger partial charge in [-0.3, -0.25) is 4.79 Å². The third-order valence-electron chi connectivity index (χ3n) is 5.50. The average Bonchev–Trinajstić information content (AvgIpc) is 3.45. The molecule has 0 bridgehead atoms. The van der Waals surface area contributed by atoms with Gasteiger partial charge in [-0.25, -0.2) is 4.79 Å². The number of aryl methyl sites for hydroxylation is 2. The fourth-order valence-electron chi connectivity index (χ4n) is 3.42. The summed E-state index contributed by atoms with van der Waals surface area (Å²) < 4.78 is 7.45. The number of halogens is 1. The minimum absolute atomic E-state index is 0.0312. The summed E-state index contributed by atoms with van der Waals surface area (Å²) >= 11 is 6.20. The quantitative estimate of drug-likeness (QED) is 0.428. The number of anilines is 1. The van der Waals surface area contributed by atoms with Crippen molar-refractivity contribution in [2.24, 2.45) is 7.05 Å². The summed E-state index contributed by atoms with van der Waals surface area (Å²) in [6, 6.07) is 12.6. The van der Waals surface area contributed by atoms with Crippen LogP contribution < -0.4 is 5.32 Å². The Morgan fingerprint density at radius 2 is 1.94 bits per heavy atom. The first kappa shape index (κ1) is 24.5. The molecule has 3 amide bonds. The third-order valence-corrected chi connectivity index (χ3v) is 5.91. The second-order valence-electron chi connectivity index (χ2n) is 8.11. The molecule has 0 aliphatic rings. The van der Waals surface area contributed by atoms with Gasteiger partial charge < -0.3 is 24.1 Å². The standard InChI is InChI=1S/C25H31ClN4O3/c1-4-5-13-29(25(32)27-20-11-10-19(2)23(26)15-20)18-24(31)30(17-22-9-7-14-33-22)16-21-8-6-12-28(21)3/h6-12,14-15H,4-5,13,16-18H2,1-3H3,(H,27,32). The Balaban J connectivity index is 1.74. The van der Waals surface area contributed by atoms with E-state index in [1.807, 2.05) is 49.0 Å². The van der Waals surface area contributed by atoms with Crippen molar-refractivity contribution >= 4 is 29.2 Å². The second kappa shape index (κ2) is 11.6. The zero-order valence-corrected chi connectivity index (χ0v) is 20.1. The van der Waals surface area contributed by atoms with Crippen molar-refractivity contribution in [1.82, 2.24) is 14.4 Å². The van der Waals surface area contributed by atoms with E-state index in [-0.39, 0.29) is 18.5 Å². The van der Waals surface area contributed by atoms with Crippen molar-refractivity contribution in [2.45, 2.75) is 39.8 Å². The van der Waals surface area contributed by atoms with Crippen LogP contribution in [0.1, 0.15) is 36.8 Å². The van der Waals surface area contributed by atoms with Crippen molar-refractivity contribution in [1.29, 1.82) is 0 Å². The molecular formula is C25H31ClN4O3. The lowest BCUT2D eigenvalue weighted by molar-refractivity contribution is -0.133. The highest BCUT2D eigenvalue weighted by atomic mass is 35.5. The summed E-state index contributed by atoms with van der Waals surface area (Å²) in [5.74, 6) is 0.539. The van der Waals surface area contributed by atoms with E-state index < -0.39 is 0 Å². The van der Waals surface area contributed by atoms with E-state index in [4.69, 9.17) is 16.0 Å². The van der Waals surface area contributed by atoms with Crippen LogP contribution in [0.2, 0.25) is 5.02 Å². The number of nitrogens with one attached hydrogen (secondary N) is 1.